The zero-order valence-electron chi connectivity index (χ0n) is 12.1. The fraction of sp³-hybridized carbons (Fsp3) is 0.667. The molecule has 1 fully saturated rings. The van der Waals surface area contributed by atoms with Crippen molar-refractivity contribution < 1.29 is 0 Å². The molecule has 0 spiro atoms. The maximum Gasteiger partial charge on any atom is 0.128 e. The first-order chi connectivity index (χ1) is 8.94. The third-order valence-electron chi connectivity index (χ3n) is 3.57. The molecule has 2 heterocycles. The lowest BCUT2D eigenvalue weighted by atomic mass is 9.95. The van der Waals surface area contributed by atoms with E-state index in [2.05, 4.69) is 64.0 Å². The van der Waals surface area contributed by atoms with Crippen LogP contribution in [0.1, 0.15) is 33.6 Å². The molecule has 0 bridgehead atoms. The summed E-state index contributed by atoms with van der Waals surface area (Å²) in [6, 6.07) is 4.16. The average molecular weight is 326 g/mol. The number of piperidine rings is 1. The molecule has 1 N–H and O–H groups in total. The lowest BCUT2D eigenvalue weighted by molar-refractivity contribution is 0.328. The molecule has 2 rings (SSSR count). The van der Waals surface area contributed by atoms with Crippen molar-refractivity contribution in [2.45, 2.75) is 39.2 Å². The number of rotatable bonds is 3. The number of nitrogens with one attached hydrogen (secondary N) is 1. The van der Waals surface area contributed by atoms with Gasteiger partial charge in [0.1, 0.15) is 5.82 Å². The van der Waals surface area contributed by atoms with Crippen LogP contribution in [0.25, 0.3) is 0 Å². The topological polar surface area (TPSA) is 28.2 Å². The van der Waals surface area contributed by atoms with Crippen molar-refractivity contribution in [1.29, 1.82) is 0 Å². The van der Waals surface area contributed by atoms with Crippen LogP contribution in [0.4, 0.5) is 5.82 Å². The molecule has 0 aliphatic carbocycles. The van der Waals surface area contributed by atoms with Gasteiger partial charge in [0.25, 0.3) is 0 Å². The number of aromatic nitrogens is 1. The number of pyridine rings is 1. The van der Waals surface area contributed by atoms with E-state index in [4.69, 9.17) is 0 Å². The van der Waals surface area contributed by atoms with Gasteiger partial charge in [-0.2, -0.15) is 0 Å². The van der Waals surface area contributed by atoms with E-state index >= 15 is 0 Å². The largest absolute Gasteiger partial charge is 0.357 e. The summed E-state index contributed by atoms with van der Waals surface area (Å²) in [6.45, 7) is 10.1. The molecule has 1 saturated heterocycles. The Labute approximate surface area is 124 Å². The van der Waals surface area contributed by atoms with Gasteiger partial charge in [-0.25, -0.2) is 4.98 Å². The summed E-state index contributed by atoms with van der Waals surface area (Å²) >= 11 is 3.43. The van der Waals surface area contributed by atoms with Crippen LogP contribution in [-0.4, -0.2) is 30.2 Å². The molecule has 4 heteroatoms. The van der Waals surface area contributed by atoms with Gasteiger partial charge in [-0.1, -0.05) is 0 Å². The van der Waals surface area contributed by atoms with Gasteiger partial charge >= 0.3 is 0 Å². The van der Waals surface area contributed by atoms with Crippen LogP contribution in [0.2, 0.25) is 0 Å². The van der Waals surface area contributed by atoms with Crippen LogP contribution in [-0.2, 0) is 0 Å². The van der Waals surface area contributed by atoms with Gasteiger partial charge in [-0.15, -0.1) is 0 Å². The summed E-state index contributed by atoms with van der Waals surface area (Å²) in [6.07, 6.45) is 4.38. The summed E-state index contributed by atoms with van der Waals surface area (Å²) < 4.78 is 1.04. The van der Waals surface area contributed by atoms with E-state index in [1.165, 1.54) is 12.8 Å². The second kappa shape index (κ2) is 6.23. The highest BCUT2D eigenvalue weighted by Crippen LogP contribution is 2.22. The van der Waals surface area contributed by atoms with Crippen LogP contribution in [0.15, 0.2) is 22.8 Å². The van der Waals surface area contributed by atoms with Gasteiger partial charge in [0.05, 0.1) is 0 Å². The molecule has 0 radical (unpaired) electrons. The second-order valence-corrected chi connectivity index (χ2v) is 7.31. The molecule has 0 unspecified atom stereocenters. The van der Waals surface area contributed by atoms with Crippen LogP contribution in [0.3, 0.4) is 0 Å². The monoisotopic (exact) mass is 325 g/mol. The Morgan fingerprint density at radius 3 is 2.53 bits per heavy atom. The second-order valence-electron chi connectivity index (χ2n) is 6.40. The van der Waals surface area contributed by atoms with Crippen molar-refractivity contribution in [3.63, 3.8) is 0 Å². The Hall–Kier alpha value is -0.610. The minimum absolute atomic E-state index is 0.227. The first-order valence-electron chi connectivity index (χ1n) is 7.05. The molecular formula is C15H24BrN3. The number of hydrogen-bond acceptors (Lipinski definition) is 3. The molecule has 106 valence electrons. The maximum atomic E-state index is 4.48. The molecule has 1 aliphatic rings. The average Bonchev–Trinajstić information content (AvgIpc) is 2.37. The predicted molar refractivity (Wildman–Crippen MR) is 84.6 cm³/mol. The number of anilines is 1. The standard InChI is InChI=1S/C15H24BrN3/c1-15(2,3)18-10-12-6-8-19(9-7-12)14-5-4-13(16)11-17-14/h4-5,11-12,18H,6-10H2,1-3H3. The van der Waals surface area contributed by atoms with Crippen molar-refractivity contribution in [1.82, 2.24) is 10.3 Å². The van der Waals surface area contributed by atoms with Gasteiger partial charge in [0.2, 0.25) is 0 Å². The number of halogens is 1. The smallest absolute Gasteiger partial charge is 0.128 e. The highest BCUT2D eigenvalue weighted by molar-refractivity contribution is 9.10. The van der Waals surface area contributed by atoms with Crippen LogP contribution >= 0.6 is 15.9 Å². The lowest BCUT2D eigenvalue weighted by Crippen LogP contribution is -2.43. The molecule has 1 aromatic rings. The molecule has 0 saturated carbocycles. The van der Waals surface area contributed by atoms with E-state index < -0.39 is 0 Å². The van der Waals surface area contributed by atoms with Gasteiger partial charge in [-0.05, 0) is 74.1 Å². The Morgan fingerprint density at radius 2 is 2.00 bits per heavy atom. The summed E-state index contributed by atoms with van der Waals surface area (Å²) in [5.41, 5.74) is 0.227. The van der Waals surface area contributed by atoms with Crippen molar-refractivity contribution in [2.24, 2.45) is 5.92 Å². The Kier molecular flexibility index (Phi) is 4.85. The Morgan fingerprint density at radius 1 is 1.32 bits per heavy atom. The number of nitrogens with zero attached hydrogens (tertiary/aromatic N) is 2. The van der Waals surface area contributed by atoms with Crippen LogP contribution in [0.5, 0.6) is 0 Å². The molecule has 1 aromatic heterocycles. The molecule has 0 atom stereocenters. The van der Waals surface area contributed by atoms with Crippen molar-refractivity contribution in [2.75, 3.05) is 24.5 Å². The quantitative estimate of drug-likeness (QED) is 0.922. The third kappa shape index (κ3) is 4.77. The molecular weight excluding hydrogens is 302 g/mol. The van der Waals surface area contributed by atoms with E-state index in [9.17, 15) is 0 Å². The summed E-state index contributed by atoms with van der Waals surface area (Å²) in [4.78, 5) is 6.86. The minimum atomic E-state index is 0.227. The molecule has 0 amide bonds. The van der Waals surface area contributed by atoms with Gasteiger partial charge < -0.3 is 10.2 Å². The molecule has 1 aliphatic heterocycles. The maximum absolute atomic E-state index is 4.48. The van der Waals surface area contributed by atoms with E-state index in [1.807, 2.05) is 6.20 Å². The lowest BCUT2D eigenvalue weighted by Gasteiger charge is -2.34. The highest BCUT2D eigenvalue weighted by Gasteiger charge is 2.21. The highest BCUT2D eigenvalue weighted by atomic mass is 79.9. The first-order valence-corrected chi connectivity index (χ1v) is 7.85. The van der Waals surface area contributed by atoms with Crippen molar-refractivity contribution >= 4 is 21.7 Å². The molecule has 3 nitrogen and oxygen atoms in total. The first kappa shape index (κ1) is 14.8. The minimum Gasteiger partial charge on any atom is -0.357 e. The predicted octanol–water partition coefficient (Wildman–Crippen LogP) is 3.45. The van der Waals surface area contributed by atoms with E-state index in [-0.39, 0.29) is 5.54 Å². The van der Waals surface area contributed by atoms with Crippen molar-refractivity contribution in [3.8, 4) is 0 Å². The summed E-state index contributed by atoms with van der Waals surface area (Å²) in [5.74, 6) is 1.90. The normalized spacial score (nSPS) is 17.8. The van der Waals surface area contributed by atoms with Crippen LogP contribution in [0, 0.1) is 5.92 Å². The van der Waals surface area contributed by atoms with Crippen molar-refractivity contribution in [3.05, 3.63) is 22.8 Å². The van der Waals surface area contributed by atoms with E-state index in [0.29, 0.717) is 0 Å². The molecule has 19 heavy (non-hydrogen) atoms. The SMILES string of the molecule is CC(C)(C)NCC1CCN(c2ccc(Br)cn2)CC1. The van der Waals surface area contributed by atoms with Gasteiger partial charge in [0, 0.05) is 29.3 Å². The zero-order chi connectivity index (χ0) is 13.9. The van der Waals surface area contributed by atoms with E-state index in [0.717, 1.165) is 35.8 Å². The molecule has 0 aromatic carbocycles. The summed E-state index contributed by atoms with van der Waals surface area (Å²) in [5, 5.41) is 3.61. The zero-order valence-corrected chi connectivity index (χ0v) is 13.7. The fourth-order valence-corrected chi connectivity index (χ4v) is 2.61. The van der Waals surface area contributed by atoms with Gasteiger partial charge in [-0.3, -0.25) is 0 Å². The Balaban J connectivity index is 1.81. The van der Waals surface area contributed by atoms with E-state index in [1.54, 1.807) is 0 Å². The number of hydrogen-bond donors (Lipinski definition) is 1. The third-order valence-corrected chi connectivity index (χ3v) is 4.04. The summed E-state index contributed by atoms with van der Waals surface area (Å²) in [7, 11) is 0. The van der Waals surface area contributed by atoms with Gasteiger partial charge in [0.15, 0.2) is 0 Å². The fourth-order valence-electron chi connectivity index (χ4n) is 2.37. The Bertz CT molecular complexity index is 389. The van der Waals surface area contributed by atoms with Crippen LogP contribution < -0.4 is 10.2 Å².